The maximum Gasteiger partial charge on any atom is 0.140 e. The van der Waals surface area contributed by atoms with Gasteiger partial charge in [0, 0.05) is 16.0 Å². The summed E-state index contributed by atoms with van der Waals surface area (Å²) in [5, 5.41) is 8.99. The molecule has 0 amide bonds. The Morgan fingerprint density at radius 1 is 0.885 bits per heavy atom. The van der Waals surface area contributed by atoms with E-state index in [9.17, 15) is 0 Å². The second-order valence-electron chi connectivity index (χ2n) is 6.98. The lowest BCUT2D eigenvalue weighted by atomic mass is 10.0. The van der Waals surface area contributed by atoms with Crippen molar-refractivity contribution in [1.82, 2.24) is 5.01 Å². The van der Waals surface area contributed by atoms with E-state index in [1.165, 1.54) is 27.1 Å². The molecule has 3 nitrogen and oxygen atoms in total. The van der Waals surface area contributed by atoms with Crippen LogP contribution in [0, 0.1) is 0 Å². The number of piperazine rings is 1. The van der Waals surface area contributed by atoms with Crippen molar-refractivity contribution in [3.8, 4) is 11.1 Å². The Morgan fingerprint density at radius 3 is 2.15 bits per heavy atom. The SMILES string of the molecule is C(=N/N1CC[NH+](C2c3ccccc3-c3ccccc32)CC1)/c1cccs1. The zero-order valence-electron chi connectivity index (χ0n) is 14.6. The third-order valence-electron chi connectivity index (χ3n) is 5.52. The minimum absolute atomic E-state index is 0.464. The average molecular weight is 361 g/mol. The number of nitrogens with one attached hydrogen (secondary N) is 1. The average Bonchev–Trinajstić information content (AvgIpc) is 3.33. The van der Waals surface area contributed by atoms with Crippen LogP contribution in [-0.4, -0.2) is 37.4 Å². The van der Waals surface area contributed by atoms with E-state index in [4.69, 9.17) is 0 Å². The van der Waals surface area contributed by atoms with E-state index in [1.54, 1.807) is 16.2 Å². The number of hydrogen-bond donors (Lipinski definition) is 1. The molecule has 1 N–H and O–H groups in total. The number of thiophene rings is 1. The van der Waals surface area contributed by atoms with Crippen molar-refractivity contribution < 1.29 is 4.90 Å². The van der Waals surface area contributed by atoms with Gasteiger partial charge in [0.05, 0.1) is 32.4 Å². The van der Waals surface area contributed by atoms with Crippen molar-refractivity contribution >= 4 is 17.6 Å². The van der Waals surface area contributed by atoms with Crippen LogP contribution in [0.25, 0.3) is 11.1 Å². The summed E-state index contributed by atoms with van der Waals surface area (Å²) in [5.41, 5.74) is 5.80. The lowest BCUT2D eigenvalue weighted by molar-refractivity contribution is -0.929. The molecule has 1 saturated heterocycles. The van der Waals surface area contributed by atoms with Gasteiger partial charge in [0.15, 0.2) is 0 Å². The maximum atomic E-state index is 4.68. The molecule has 2 aliphatic rings. The molecule has 0 atom stereocenters. The van der Waals surface area contributed by atoms with Gasteiger partial charge in [-0.25, -0.2) is 0 Å². The van der Waals surface area contributed by atoms with Crippen molar-refractivity contribution in [3.05, 3.63) is 82.0 Å². The summed E-state index contributed by atoms with van der Waals surface area (Å²) in [5.74, 6) is 0. The molecule has 3 aromatic rings. The molecule has 0 unspecified atom stereocenters. The fraction of sp³-hybridized carbons (Fsp3) is 0.227. The number of hydrazone groups is 1. The minimum Gasteiger partial charge on any atom is -0.322 e. The molecule has 1 aliphatic heterocycles. The zero-order chi connectivity index (χ0) is 17.3. The Bertz CT molecular complexity index is 879. The van der Waals surface area contributed by atoms with E-state index in [1.807, 2.05) is 6.21 Å². The zero-order valence-corrected chi connectivity index (χ0v) is 15.5. The molecule has 4 heteroatoms. The van der Waals surface area contributed by atoms with Crippen LogP contribution in [0.4, 0.5) is 0 Å². The number of benzene rings is 2. The summed E-state index contributed by atoms with van der Waals surface area (Å²) in [4.78, 5) is 2.88. The topological polar surface area (TPSA) is 20.0 Å². The van der Waals surface area contributed by atoms with Gasteiger partial charge < -0.3 is 4.90 Å². The Balaban J connectivity index is 1.35. The molecule has 2 aromatic carbocycles. The predicted molar refractivity (Wildman–Crippen MR) is 108 cm³/mol. The van der Waals surface area contributed by atoms with E-state index >= 15 is 0 Å². The summed E-state index contributed by atoms with van der Waals surface area (Å²) in [6.07, 6.45) is 2.00. The van der Waals surface area contributed by atoms with Crippen LogP contribution < -0.4 is 4.90 Å². The van der Waals surface area contributed by atoms with Crippen LogP contribution in [0.15, 0.2) is 71.1 Å². The van der Waals surface area contributed by atoms with Gasteiger partial charge in [-0.1, -0.05) is 54.6 Å². The van der Waals surface area contributed by atoms with Crippen molar-refractivity contribution in [2.45, 2.75) is 6.04 Å². The first kappa shape index (κ1) is 15.8. The monoisotopic (exact) mass is 360 g/mol. The molecule has 0 bridgehead atoms. The van der Waals surface area contributed by atoms with E-state index < -0.39 is 0 Å². The highest BCUT2D eigenvalue weighted by Crippen LogP contribution is 2.41. The number of quaternary nitrogens is 1. The Kier molecular flexibility index (Phi) is 4.07. The van der Waals surface area contributed by atoms with Crippen LogP contribution in [0.3, 0.4) is 0 Å². The summed E-state index contributed by atoms with van der Waals surface area (Å²) < 4.78 is 0. The minimum atomic E-state index is 0.464. The lowest BCUT2D eigenvalue weighted by Gasteiger charge is -2.34. The molecule has 5 rings (SSSR count). The van der Waals surface area contributed by atoms with Crippen LogP contribution in [-0.2, 0) is 0 Å². The summed E-state index contributed by atoms with van der Waals surface area (Å²) in [6, 6.07) is 22.5. The van der Waals surface area contributed by atoms with Crippen molar-refractivity contribution in [2.75, 3.05) is 26.2 Å². The maximum absolute atomic E-state index is 4.68. The molecular formula is C22H22N3S+. The van der Waals surface area contributed by atoms with Crippen molar-refractivity contribution in [2.24, 2.45) is 5.10 Å². The molecule has 0 spiro atoms. The van der Waals surface area contributed by atoms with Crippen LogP contribution >= 0.6 is 11.3 Å². The van der Waals surface area contributed by atoms with E-state index in [-0.39, 0.29) is 0 Å². The highest BCUT2D eigenvalue weighted by molar-refractivity contribution is 7.11. The van der Waals surface area contributed by atoms with Gasteiger partial charge >= 0.3 is 0 Å². The molecule has 26 heavy (non-hydrogen) atoms. The van der Waals surface area contributed by atoms with Gasteiger partial charge in [-0.3, -0.25) is 5.01 Å². The second kappa shape index (κ2) is 6.71. The van der Waals surface area contributed by atoms with Crippen LogP contribution in [0.5, 0.6) is 0 Å². The van der Waals surface area contributed by atoms with Gasteiger partial charge in [-0.2, -0.15) is 5.10 Å². The smallest absolute Gasteiger partial charge is 0.140 e. The van der Waals surface area contributed by atoms with Gasteiger partial charge in [0.2, 0.25) is 0 Å². The second-order valence-corrected chi connectivity index (χ2v) is 7.96. The molecule has 130 valence electrons. The standard InChI is InChI=1S/C22H21N3S/c1-3-9-20-18(7-1)19-8-2-4-10-21(19)22(20)24-11-13-25(14-12-24)23-16-17-6-5-15-26-17/h1-10,15-16,22H,11-14H2/p+1/b23-16-. The molecular weight excluding hydrogens is 338 g/mol. The van der Waals surface area contributed by atoms with E-state index in [0.29, 0.717) is 6.04 Å². The first-order valence-electron chi connectivity index (χ1n) is 9.25. The van der Waals surface area contributed by atoms with E-state index in [2.05, 4.69) is 76.2 Å². The quantitative estimate of drug-likeness (QED) is 0.712. The highest BCUT2D eigenvalue weighted by atomic mass is 32.1. The Labute approximate surface area is 158 Å². The molecule has 2 heterocycles. The van der Waals surface area contributed by atoms with Crippen LogP contribution in [0.1, 0.15) is 22.0 Å². The molecule has 0 radical (unpaired) electrons. The van der Waals surface area contributed by atoms with Crippen molar-refractivity contribution in [1.29, 1.82) is 0 Å². The largest absolute Gasteiger partial charge is 0.322 e. The van der Waals surface area contributed by atoms with Gasteiger partial charge in [-0.15, -0.1) is 11.3 Å². The fourth-order valence-electron chi connectivity index (χ4n) is 4.28. The van der Waals surface area contributed by atoms with Crippen LogP contribution in [0.2, 0.25) is 0 Å². The van der Waals surface area contributed by atoms with E-state index in [0.717, 1.165) is 26.2 Å². The first-order chi connectivity index (χ1) is 12.9. The summed E-state index contributed by atoms with van der Waals surface area (Å²) in [6.45, 7) is 4.26. The van der Waals surface area contributed by atoms with Gasteiger partial charge in [-0.05, 0) is 22.6 Å². The molecule has 0 saturated carbocycles. The Hall–Kier alpha value is -2.43. The third kappa shape index (κ3) is 2.75. The molecule has 1 aliphatic carbocycles. The summed E-state index contributed by atoms with van der Waals surface area (Å²) in [7, 11) is 0. The van der Waals surface area contributed by atoms with Gasteiger partial charge in [0.25, 0.3) is 0 Å². The normalized spacial score (nSPS) is 17.6. The predicted octanol–water partition coefficient (Wildman–Crippen LogP) is 3.05. The fourth-order valence-corrected chi connectivity index (χ4v) is 4.86. The number of fused-ring (bicyclic) bond motifs is 3. The van der Waals surface area contributed by atoms with Crippen molar-refractivity contribution in [3.63, 3.8) is 0 Å². The van der Waals surface area contributed by atoms with Gasteiger partial charge in [0.1, 0.15) is 6.04 Å². The molecule has 1 fully saturated rings. The number of rotatable bonds is 3. The summed E-state index contributed by atoms with van der Waals surface area (Å²) >= 11 is 1.74. The highest BCUT2D eigenvalue weighted by Gasteiger charge is 2.37. The Morgan fingerprint density at radius 2 is 1.54 bits per heavy atom. The molecule has 1 aromatic heterocycles. The number of nitrogens with zero attached hydrogens (tertiary/aromatic N) is 2. The number of hydrogen-bond acceptors (Lipinski definition) is 3. The first-order valence-corrected chi connectivity index (χ1v) is 10.1. The lowest BCUT2D eigenvalue weighted by Crippen LogP contribution is -3.14. The third-order valence-corrected chi connectivity index (χ3v) is 6.32.